The third kappa shape index (κ3) is 5.22. The van der Waals surface area contributed by atoms with E-state index in [1.807, 2.05) is 6.07 Å². The number of nitrogens with zero attached hydrogens (tertiary/aromatic N) is 4. The molecule has 0 aliphatic carbocycles. The molecule has 0 unspecified atom stereocenters. The van der Waals surface area contributed by atoms with Crippen molar-refractivity contribution in [2.24, 2.45) is 0 Å². The molecule has 8 nitrogen and oxygen atoms in total. The second-order valence-corrected chi connectivity index (χ2v) is 9.34. The number of nitrogens with one attached hydrogen (secondary N) is 1. The molecule has 38 heavy (non-hydrogen) atoms. The van der Waals surface area contributed by atoms with E-state index in [1.165, 1.54) is 30.5 Å². The molecule has 1 saturated heterocycles. The Morgan fingerprint density at radius 3 is 2.61 bits per heavy atom. The normalized spacial score (nSPS) is 16.4. The summed E-state index contributed by atoms with van der Waals surface area (Å²) in [6, 6.07) is 4.69. The lowest BCUT2D eigenvalue weighted by Gasteiger charge is -2.32. The lowest BCUT2D eigenvalue weighted by atomic mass is 9.89. The number of fused-ring (bicyclic) bond motifs is 1. The zero-order valence-corrected chi connectivity index (χ0v) is 21.2. The van der Waals surface area contributed by atoms with Crippen LogP contribution in [0, 0.1) is 5.82 Å². The first-order valence-electron chi connectivity index (χ1n) is 12.2. The number of alkyl halides is 3. The third-order valence-corrected chi connectivity index (χ3v) is 6.94. The van der Waals surface area contributed by atoms with Crippen molar-refractivity contribution in [2.75, 3.05) is 32.2 Å². The summed E-state index contributed by atoms with van der Waals surface area (Å²) in [5.74, 6) is -4.76. The van der Waals surface area contributed by atoms with E-state index >= 15 is 4.39 Å². The van der Waals surface area contributed by atoms with Gasteiger partial charge in [0.25, 0.3) is 5.91 Å². The number of rotatable bonds is 8. The van der Waals surface area contributed by atoms with Crippen molar-refractivity contribution in [3.05, 3.63) is 53.1 Å². The van der Waals surface area contributed by atoms with E-state index in [1.54, 1.807) is 6.92 Å². The van der Waals surface area contributed by atoms with Crippen LogP contribution in [0.4, 0.5) is 23.4 Å². The van der Waals surface area contributed by atoms with Crippen molar-refractivity contribution < 1.29 is 32.2 Å². The highest BCUT2D eigenvalue weighted by Gasteiger charge is 2.40. The van der Waals surface area contributed by atoms with Crippen LogP contribution in [-0.2, 0) is 10.7 Å². The first kappa shape index (κ1) is 27.5. The average molecular weight is 536 g/mol. The van der Waals surface area contributed by atoms with Gasteiger partial charge >= 0.3 is 5.92 Å². The van der Waals surface area contributed by atoms with Crippen molar-refractivity contribution in [1.82, 2.24) is 19.9 Å². The van der Waals surface area contributed by atoms with E-state index in [0.29, 0.717) is 48.7 Å². The molecule has 204 valence electrons. The number of benzene rings is 1. The molecule has 0 spiro atoms. The van der Waals surface area contributed by atoms with Gasteiger partial charge in [0.05, 0.1) is 24.1 Å². The summed E-state index contributed by atoms with van der Waals surface area (Å²) in [5, 5.41) is 13.1. The van der Waals surface area contributed by atoms with Crippen molar-refractivity contribution in [2.45, 2.75) is 50.7 Å². The highest BCUT2D eigenvalue weighted by molar-refractivity contribution is 5.87. The first-order valence-corrected chi connectivity index (χ1v) is 12.2. The topological polar surface area (TPSA) is 100 Å². The van der Waals surface area contributed by atoms with Crippen LogP contribution in [-0.4, -0.2) is 63.8 Å². The first-order chi connectivity index (χ1) is 18.1. The van der Waals surface area contributed by atoms with E-state index in [-0.39, 0.29) is 11.5 Å². The zero-order chi connectivity index (χ0) is 27.6. The number of carbonyl (C=O) groups excluding carboxylic acids is 1. The molecule has 2 aromatic heterocycles. The summed E-state index contributed by atoms with van der Waals surface area (Å²) in [7, 11) is 1.49. The van der Waals surface area contributed by atoms with Crippen LogP contribution < -0.4 is 10.1 Å². The Labute approximate surface area is 217 Å². The highest BCUT2D eigenvalue weighted by atomic mass is 19.3. The minimum Gasteiger partial charge on any atom is -0.481 e. The number of aliphatic hydroxyl groups is 1. The van der Waals surface area contributed by atoms with Gasteiger partial charge in [-0.15, -0.1) is 0 Å². The van der Waals surface area contributed by atoms with Gasteiger partial charge in [0.2, 0.25) is 5.88 Å². The van der Waals surface area contributed by atoms with E-state index in [2.05, 4.69) is 20.3 Å². The van der Waals surface area contributed by atoms with Gasteiger partial charge in [-0.1, -0.05) is 12.1 Å². The van der Waals surface area contributed by atoms with Gasteiger partial charge < -0.3 is 20.1 Å². The predicted octanol–water partition coefficient (Wildman–Crippen LogP) is 4.49. The number of anilines is 1. The van der Waals surface area contributed by atoms with Gasteiger partial charge in [-0.3, -0.25) is 4.79 Å². The number of hydrogen-bond donors (Lipinski definition) is 2. The maximum Gasteiger partial charge on any atom is 0.301 e. The number of carbonyl (C=O) groups is 1. The SMILES string of the molecule is COc1nc2ncnc(N[C@H](C)c3cccc(C(F)(F)[C@@H](C)O)c3F)c2cc1C1CCN(C(=O)CF)CC1. The molecule has 12 heteroatoms. The van der Waals surface area contributed by atoms with Crippen LogP contribution in [0.1, 0.15) is 55.3 Å². The van der Waals surface area contributed by atoms with Crippen LogP contribution >= 0.6 is 0 Å². The molecule has 3 aromatic rings. The standard InChI is InChI=1S/C26H29F4N5O3/c1-14(17-5-4-6-20(22(17)28)26(29,30)15(2)36)33-23-19-11-18(25(38-3)34-24(19)32-13-31-23)16-7-9-35(10-8-16)21(37)12-27/h4-6,11,13-16,36H,7-10,12H2,1-3H3,(H,31,32,33,34)/t14-,15-/m1/s1. The third-order valence-electron chi connectivity index (χ3n) is 6.94. The Kier molecular flexibility index (Phi) is 8.00. The van der Waals surface area contributed by atoms with E-state index in [0.717, 1.165) is 18.6 Å². The molecule has 3 heterocycles. The molecule has 1 aliphatic rings. The summed E-state index contributed by atoms with van der Waals surface area (Å²) in [6.45, 7) is 2.27. The molecule has 2 atom stereocenters. The zero-order valence-electron chi connectivity index (χ0n) is 21.2. The summed E-state index contributed by atoms with van der Waals surface area (Å²) >= 11 is 0. The molecule has 1 fully saturated rings. The van der Waals surface area contributed by atoms with Crippen LogP contribution in [0.2, 0.25) is 0 Å². The molecule has 4 rings (SSSR count). The van der Waals surface area contributed by atoms with Crippen LogP contribution in [0.3, 0.4) is 0 Å². The number of amides is 1. The number of likely N-dealkylation sites (tertiary alicyclic amines) is 1. The van der Waals surface area contributed by atoms with Gasteiger partial charge in [-0.05, 0) is 44.7 Å². The summed E-state index contributed by atoms with van der Waals surface area (Å²) < 4.78 is 62.3. The average Bonchev–Trinajstić information content (AvgIpc) is 2.92. The van der Waals surface area contributed by atoms with Crippen molar-refractivity contribution in [3.63, 3.8) is 0 Å². The van der Waals surface area contributed by atoms with Gasteiger partial charge in [0, 0.05) is 24.2 Å². The van der Waals surface area contributed by atoms with Crippen LogP contribution in [0.5, 0.6) is 5.88 Å². The second kappa shape index (κ2) is 11.1. The molecule has 1 amide bonds. The van der Waals surface area contributed by atoms with E-state index in [4.69, 9.17) is 4.74 Å². The molecule has 0 radical (unpaired) electrons. The molecular weight excluding hydrogens is 506 g/mol. The number of piperidine rings is 1. The van der Waals surface area contributed by atoms with Crippen molar-refractivity contribution >= 4 is 22.8 Å². The predicted molar refractivity (Wildman–Crippen MR) is 132 cm³/mol. The molecule has 0 bridgehead atoms. The maximum absolute atomic E-state index is 15.2. The fraction of sp³-hybridized carbons (Fsp3) is 0.462. The minimum atomic E-state index is -3.76. The number of aromatic nitrogens is 3. The summed E-state index contributed by atoms with van der Waals surface area (Å²) in [4.78, 5) is 26.2. The molecular formula is C26H29F4N5O3. The largest absolute Gasteiger partial charge is 0.481 e. The molecule has 2 N–H and O–H groups in total. The smallest absolute Gasteiger partial charge is 0.301 e. The lowest BCUT2D eigenvalue weighted by molar-refractivity contribution is -0.133. The van der Waals surface area contributed by atoms with E-state index < -0.39 is 42.0 Å². The van der Waals surface area contributed by atoms with E-state index in [9.17, 15) is 23.1 Å². The Bertz CT molecular complexity index is 1320. The molecule has 1 aliphatic heterocycles. The van der Waals surface area contributed by atoms with Crippen LogP contribution in [0.25, 0.3) is 11.0 Å². The Morgan fingerprint density at radius 2 is 1.97 bits per heavy atom. The fourth-order valence-electron chi connectivity index (χ4n) is 4.73. The van der Waals surface area contributed by atoms with Gasteiger partial charge in [0.15, 0.2) is 12.3 Å². The fourth-order valence-corrected chi connectivity index (χ4v) is 4.73. The molecule has 1 aromatic carbocycles. The van der Waals surface area contributed by atoms with Crippen LogP contribution in [0.15, 0.2) is 30.6 Å². The lowest BCUT2D eigenvalue weighted by Crippen LogP contribution is -2.38. The van der Waals surface area contributed by atoms with Crippen molar-refractivity contribution in [1.29, 1.82) is 0 Å². The quantitative estimate of drug-likeness (QED) is 0.410. The minimum absolute atomic E-state index is 0.0205. The second-order valence-electron chi connectivity index (χ2n) is 9.34. The van der Waals surface area contributed by atoms with Gasteiger partial charge in [-0.25, -0.2) is 18.7 Å². The number of aliphatic hydroxyl groups excluding tert-OH is 1. The summed E-state index contributed by atoms with van der Waals surface area (Å²) in [6.07, 6.45) is 0.372. The monoisotopic (exact) mass is 535 g/mol. The van der Waals surface area contributed by atoms with Crippen molar-refractivity contribution in [3.8, 4) is 5.88 Å². The Balaban J connectivity index is 1.66. The number of pyridine rings is 1. The number of methoxy groups -OCH3 is 1. The summed E-state index contributed by atoms with van der Waals surface area (Å²) in [5.41, 5.74) is 0.163. The number of halogens is 4. The Hall–Kier alpha value is -3.54. The maximum atomic E-state index is 15.2. The highest BCUT2D eigenvalue weighted by Crippen LogP contribution is 2.38. The number of ether oxygens (including phenoxy) is 1. The molecule has 0 saturated carbocycles. The van der Waals surface area contributed by atoms with Gasteiger partial charge in [0.1, 0.15) is 24.1 Å². The Morgan fingerprint density at radius 1 is 1.26 bits per heavy atom. The number of hydrogen-bond acceptors (Lipinski definition) is 7. The van der Waals surface area contributed by atoms with Gasteiger partial charge in [-0.2, -0.15) is 13.8 Å².